The van der Waals surface area contributed by atoms with E-state index in [9.17, 15) is 31.5 Å². The molecule has 2 aliphatic rings. The normalized spacial score (nSPS) is 17.4. The van der Waals surface area contributed by atoms with E-state index in [-0.39, 0.29) is 42.0 Å². The largest absolute Gasteiger partial charge is 0.490 e. The third kappa shape index (κ3) is 8.43. The number of carbonyl (C=O) groups is 3. The van der Waals surface area contributed by atoms with Crippen LogP contribution in [0.3, 0.4) is 0 Å². The fraction of sp³-hybridized carbons (Fsp3) is 0.344. The Morgan fingerprint density at radius 3 is 1.73 bits per heavy atom. The van der Waals surface area contributed by atoms with Crippen molar-refractivity contribution in [3.8, 4) is 0 Å². The summed E-state index contributed by atoms with van der Waals surface area (Å²) < 4.78 is 59.0. The molecule has 0 bridgehead atoms. The van der Waals surface area contributed by atoms with E-state index in [0.29, 0.717) is 32.7 Å². The fourth-order valence-corrected chi connectivity index (χ4v) is 5.58. The second-order valence-corrected chi connectivity index (χ2v) is 11.0. The summed E-state index contributed by atoms with van der Waals surface area (Å²) in [6.07, 6.45) is -5.13. The molecule has 5 rings (SSSR count). The third-order valence-corrected chi connectivity index (χ3v) is 7.84. The van der Waals surface area contributed by atoms with Crippen molar-refractivity contribution in [3.05, 3.63) is 107 Å². The number of nitrogens with zero attached hydrogens (tertiary/aromatic N) is 3. The van der Waals surface area contributed by atoms with Crippen LogP contribution in [-0.4, -0.2) is 75.5 Å². The molecule has 3 aromatic rings. The molecule has 0 spiro atoms. The van der Waals surface area contributed by atoms with Crippen molar-refractivity contribution in [2.24, 2.45) is 5.73 Å². The highest BCUT2D eigenvalue weighted by Crippen LogP contribution is 2.32. The zero-order valence-electron chi connectivity index (χ0n) is 24.4. The van der Waals surface area contributed by atoms with Crippen LogP contribution >= 0.6 is 0 Å². The van der Waals surface area contributed by atoms with Gasteiger partial charge >= 0.3 is 12.1 Å². The highest BCUT2D eigenvalue weighted by molar-refractivity contribution is 5.88. The number of carboxylic acid groups (broad SMARTS) is 1. The van der Waals surface area contributed by atoms with Crippen LogP contribution in [0.2, 0.25) is 0 Å². The van der Waals surface area contributed by atoms with Crippen LogP contribution in [0.4, 0.5) is 22.0 Å². The Kier molecular flexibility index (Phi) is 10.6. The zero-order valence-corrected chi connectivity index (χ0v) is 24.4. The zero-order chi connectivity index (χ0) is 32.9. The Morgan fingerprint density at radius 1 is 0.844 bits per heavy atom. The minimum Gasteiger partial charge on any atom is -0.475 e. The molecule has 0 aromatic heterocycles. The maximum atomic E-state index is 13.6. The number of alkyl halides is 3. The maximum Gasteiger partial charge on any atom is 0.490 e. The summed E-state index contributed by atoms with van der Waals surface area (Å²) in [4.78, 5) is 40.7. The average Bonchev–Trinajstić information content (AvgIpc) is 3.43. The number of piperazine rings is 1. The highest BCUT2D eigenvalue weighted by atomic mass is 19.4. The van der Waals surface area contributed by atoms with Crippen molar-refractivity contribution in [3.63, 3.8) is 0 Å². The SMILES string of the molecule is C[C@@H]1CN(C(=O)C[C@H](N)C(=O)N2Cc3ccccc3C2)CCN1C(c1ccc(F)cc1)c1ccc(F)cc1.O=C(O)C(F)(F)F. The van der Waals surface area contributed by atoms with Gasteiger partial charge in [0, 0.05) is 38.8 Å². The summed E-state index contributed by atoms with van der Waals surface area (Å²) >= 11 is 0. The van der Waals surface area contributed by atoms with Crippen LogP contribution in [-0.2, 0) is 27.5 Å². The Morgan fingerprint density at radius 2 is 1.31 bits per heavy atom. The first-order valence-corrected chi connectivity index (χ1v) is 14.2. The molecular formula is C32H33F5N4O4. The van der Waals surface area contributed by atoms with Crippen LogP contribution in [0.1, 0.15) is 41.6 Å². The summed E-state index contributed by atoms with van der Waals surface area (Å²) in [5, 5.41) is 7.12. The second-order valence-electron chi connectivity index (χ2n) is 11.0. The molecule has 2 aliphatic heterocycles. The molecule has 1 fully saturated rings. The molecule has 0 aliphatic carbocycles. The molecule has 3 aromatic carbocycles. The minimum absolute atomic E-state index is 0.0344. The summed E-state index contributed by atoms with van der Waals surface area (Å²) in [7, 11) is 0. The van der Waals surface area contributed by atoms with E-state index in [1.165, 1.54) is 24.3 Å². The molecule has 0 radical (unpaired) electrons. The summed E-state index contributed by atoms with van der Waals surface area (Å²) in [5.74, 6) is -3.76. The van der Waals surface area contributed by atoms with Crippen molar-refractivity contribution in [1.82, 2.24) is 14.7 Å². The smallest absolute Gasteiger partial charge is 0.475 e. The van der Waals surface area contributed by atoms with Crippen molar-refractivity contribution < 1.29 is 41.4 Å². The van der Waals surface area contributed by atoms with Gasteiger partial charge in [0.15, 0.2) is 0 Å². The molecule has 2 atom stereocenters. The van der Waals surface area contributed by atoms with E-state index < -0.39 is 18.2 Å². The number of benzene rings is 3. The van der Waals surface area contributed by atoms with E-state index in [2.05, 4.69) is 4.90 Å². The number of aliphatic carboxylic acids is 1. The van der Waals surface area contributed by atoms with Gasteiger partial charge in [-0.05, 0) is 53.4 Å². The number of carboxylic acids is 1. The highest BCUT2D eigenvalue weighted by Gasteiger charge is 2.38. The Balaban J connectivity index is 0.000000591. The molecule has 0 unspecified atom stereocenters. The van der Waals surface area contributed by atoms with Gasteiger partial charge in [0.05, 0.1) is 18.5 Å². The molecule has 13 heteroatoms. The van der Waals surface area contributed by atoms with Crippen LogP contribution in [0.5, 0.6) is 0 Å². The minimum atomic E-state index is -5.08. The topological polar surface area (TPSA) is 107 Å². The molecule has 0 saturated carbocycles. The number of nitrogens with two attached hydrogens (primary N) is 1. The summed E-state index contributed by atoms with van der Waals surface area (Å²) in [6.45, 7) is 4.57. The lowest BCUT2D eigenvalue weighted by Gasteiger charge is -2.44. The quantitative estimate of drug-likeness (QED) is 0.389. The van der Waals surface area contributed by atoms with E-state index in [0.717, 1.165) is 22.3 Å². The average molecular weight is 633 g/mol. The van der Waals surface area contributed by atoms with E-state index in [1.807, 2.05) is 31.2 Å². The van der Waals surface area contributed by atoms with E-state index >= 15 is 0 Å². The van der Waals surface area contributed by atoms with Crippen molar-refractivity contribution >= 4 is 17.8 Å². The van der Waals surface area contributed by atoms with Gasteiger partial charge in [-0.25, -0.2) is 13.6 Å². The summed E-state index contributed by atoms with van der Waals surface area (Å²) in [6, 6.07) is 19.4. The molecule has 1 saturated heterocycles. The third-order valence-electron chi connectivity index (χ3n) is 7.84. The second kappa shape index (κ2) is 14.2. The molecule has 240 valence electrons. The van der Waals surface area contributed by atoms with Crippen molar-refractivity contribution in [2.75, 3.05) is 19.6 Å². The van der Waals surface area contributed by atoms with Gasteiger partial charge in [-0.2, -0.15) is 13.2 Å². The first kappa shape index (κ1) is 33.5. The van der Waals surface area contributed by atoms with Crippen LogP contribution in [0, 0.1) is 11.6 Å². The van der Waals surface area contributed by atoms with Crippen LogP contribution < -0.4 is 5.73 Å². The monoisotopic (exact) mass is 632 g/mol. The van der Waals surface area contributed by atoms with Gasteiger partial charge in [0.2, 0.25) is 11.8 Å². The first-order chi connectivity index (χ1) is 21.2. The number of amides is 2. The van der Waals surface area contributed by atoms with Gasteiger partial charge in [-0.1, -0.05) is 48.5 Å². The molecule has 3 N–H and O–H groups in total. The standard InChI is InChI=1S/C30H32F2N4O2.C2HF3O2/c1-20-17-34(28(37)16-27(33)30(38)35-18-23-4-2-3-5-24(23)19-35)14-15-36(20)29(21-6-10-25(31)11-7-21)22-8-12-26(32)13-9-22;3-2(4,5)1(6)7/h2-13,20,27,29H,14-19,33H2,1H3;(H,6,7)/t20-,27+;/m1./s1. The van der Waals surface area contributed by atoms with E-state index in [4.69, 9.17) is 15.6 Å². The predicted octanol–water partition coefficient (Wildman–Crippen LogP) is 4.48. The number of hydrogen-bond acceptors (Lipinski definition) is 5. The Labute approximate surface area is 256 Å². The molecule has 8 nitrogen and oxygen atoms in total. The van der Waals surface area contributed by atoms with E-state index in [1.54, 1.807) is 34.1 Å². The van der Waals surface area contributed by atoms with Gasteiger partial charge in [0.25, 0.3) is 0 Å². The number of rotatable bonds is 6. The molecule has 2 heterocycles. The van der Waals surface area contributed by atoms with Crippen LogP contribution in [0.15, 0.2) is 72.8 Å². The summed E-state index contributed by atoms with van der Waals surface area (Å²) in [5.41, 5.74) is 10.2. The number of fused-ring (bicyclic) bond motifs is 1. The Bertz CT molecular complexity index is 1430. The number of carbonyl (C=O) groups excluding carboxylic acids is 2. The fourth-order valence-electron chi connectivity index (χ4n) is 5.58. The lowest BCUT2D eigenvalue weighted by atomic mass is 9.94. The van der Waals surface area contributed by atoms with Crippen molar-refractivity contribution in [1.29, 1.82) is 0 Å². The first-order valence-electron chi connectivity index (χ1n) is 14.2. The number of hydrogen-bond donors (Lipinski definition) is 2. The van der Waals surface area contributed by atoms with Gasteiger partial charge < -0.3 is 20.6 Å². The Hall–Kier alpha value is -4.36. The van der Waals surface area contributed by atoms with Gasteiger partial charge in [-0.15, -0.1) is 0 Å². The molecule has 45 heavy (non-hydrogen) atoms. The van der Waals surface area contributed by atoms with Crippen molar-refractivity contribution in [2.45, 2.75) is 50.7 Å². The van der Waals surface area contributed by atoms with Gasteiger partial charge in [0.1, 0.15) is 11.6 Å². The predicted molar refractivity (Wildman–Crippen MR) is 154 cm³/mol. The maximum absolute atomic E-state index is 13.6. The van der Waals surface area contributed by atoms with Gasteiger partial charge in [-0.3, -0.25) is 14.5 Å². The lowest BCUT2D eigenvalue weighted by Crippen LogP contribution is -2.55. The molecular weight excluding hydrogens is 599 g/mol. The van der Waals surface area contributed by atoms with Crippen LogP contribution in [0.25, 0.3) is 0 Å². The molecule has 2 amide bonds. The number of halogens is 5. The lowest BCUT2D eigenvalue weighted by molar-refractivity contribution is -0.192.